The first-order valence-electron chi connectivity index (χ1n) is 11.6. The first-order valence-corrected chi connectivity index (χ1v) is 12.3. The van der Waals surface area contributed by atoms with E-state index in [-0.39, 0.29) is 29.2 Å². The standard InChI is InChI=1S/C28H28Cl2N2O5/c1-28(2,3)18-4-9-21(10-5-18)37-22-11-7-20(8-12-22)31-25(33)14-15-27(35)36-17-26(34)32-24-13-6-19(29)16-23(24)30/h4-13,16H,14-15,17H2,1-3H3,(H,31,33)(H,32,34). The third-order valence-corrected chi connectivity index (χ3v) is 5.77. The molecule has 0 unspecified atom stereocenters. The molecular weight excluding hydrogens is 515 g/mol. The number of hydrogen-bond acceptors (Lipinski definition) is 5. The number of benzene rings is 3. The number of carbonyl (C=O) groups excluding carboxylic acids is 3. The summed E-state index contributed by atoms with van der Waals surface area (Å²) in [7, 11) is 0. The molecule has 0 aliphatic rings. The fourth-order valence-electron chi connectivity index (χ4n) is 3.20. The molecule has 0 saturated heterocycles. The van der Waals surface area contributed by atoms with E-state index in [1.54, 1.807) is 30.3 Å². The van der Waals surface area contributed by atoms with Crippen LogP contribution in [-0.2, 0) is 24.5 Å². The second-order valence-corrected chi connectivity index (χ2v) is 10.1. The van der Waals surface area contributed by atoms with Crippen LogP contribution in [0, 0.1) is 0 Å². The van der Waals surface area contributed by atoms with Crippen molar-refractivity contribution in [3.63, 3.8) is 0 Å². The number of esters is 1. The van der Waals surface area contributed by atoms with Crippen LogP contribution in [-0.4, -0.2) is 24.4 Å². The molecule has 0 bridgehead atoms. The van der Waals surface area contributed by atoms with Crippen LogP contribution in [0.4, 0.5) is 11.4 Å². The molecule has 7 nitrogen and oxygen atoms in total. The largest absolute Gasteiger partial charge is 0.457 e. The summed E-state index contributed by atoms with van der Waals surface area (Å²) < 4.78 is 10.8. The highest BCUT2D eigenvalue weighted by molar-refractivity contribution is 6.36. The zero-order valence-electron chi connectivity index (χ0n) is 20.8. The Hall–Kier alpha value is -3.55. The fraction of sp³-hybridized carbons (Fsp3) is 0.250. The number of carbonyl (C=O) groups is 3. The molecule has 0 atom stereocenters. The quantitative estimate of drug-likeness (QED) is 0.284. The van der Waals surface area contributed by atoms with Crippen molar-refractivity contribution in [1.82, 2.24) is 0 Å². The molecule has 0 saturated carbocycles. The van der Waals surface area contributed by atoms with E-state index in [1.807, 2.05) is 24.3 Å². The minimum Gasteiger partial charge on any atom is -0.457 e. The van der Waals surface area contributed by atoms with Gasteiger partial charge in [-0.05, 0) is 65.6 Å². The lowest BCUT2D eigenvalue weighted by molar-refractivity contribution is -0.147. The van der Waals surface area contributed by atoms with Gasteiger partial charge in [-0.1, -0.05) is 56.1 Å². The molecule has 0 fully saturated rings. The second-order valence-electron chi connectivity index (χ2n) is 9.28. The number of rotatable bonds is 9. The smallest absolute Gasteiger partial charge is 0.306 e. The third kappa shape index (κ3) is 9.12. The van der Waals surface area contributed by atoms with Gasteiger partial charge in [0.2, 0.25) is 5.91 Å². The van der Waals surface area contributed by atoms with E-state index >= 15 is 0 Å². The van der Waals surface area contributed by atoms with Gasteiger partial charge in [0, 0.05) is 17.1 Å². The van der Waals surface area contributed by atoms with E-state index in [9.17, 15) is 14.4 Å². The Balaban J connectivity index is 1.38. The first kappa shape index (κ1) is 28.0. The molecule has 0 spiro atoms. The predicted octanol–water partition coefficient (Wildman–Crippen LogP) is 6.98. The van der Waals surface area contributed by atoms with Gasteiger partial charge in [0.05, 0.1) is 17.1 Å². The van der Waals surface area contributed by atoms with E-state index < -0.39 is 18.5 Å². The first-order chi connectivity index (χ1) is 17.5. The fourth-order valence-corrected chi connectivity index (χ4v) is 3.66. The lowest BCUT2D eigenvalue weighted by Gasteiger charge is -2.19. The van der Waals surface area contributed by atoms with Crippen molar-refractivity contribution in [3.05, 3.63) is 82.3 Å². The van der Waals surface area contributed by atoms with Crippen LogP contribution in [0.5, 0.6) is 11.5 Å². The van der Waals surface area contributed by atoms with Crippen molar-refractivity contribution in [2.75, 3.05) is 17.2 Å². The maximum atomic E-state index is 12.2. The molecule has 3 rings (SSSR count). The Kier molecular flexibility index (Phi) is 9.55. The summed E-state index contributed by atoms with van der Waals surface area (Å²) in [5.74, 6) is -0.250. The Bertz CT molecular complexity index is 1250. The maximum Gasteiger partial charge on any atom is 0.306 e. The summed E-state index contributed by atoms with van der Waals surface area (Å²) in [6.07, 6.45) is -0.269. The SMILES string of the molecule is CC(C)(C)c1ccc(Oc2ccc(NC(=O)CCC(=O)OCC(=O)Nc3ccc(Cl)cc3Cl)cc2)cc1. The summed E-state index contributed by atoms with van der Waals surface area (Å²) in [5, 5.41) is 5.93. The van der Waals surface area contributed by atoms with Gasteiger partial charge in [-0.3, -0.25) is 14.4 Å². The molecule has 37 heavy (non-hydrogen) atoms. The average Bonchev–Trinajstić information content (AvgIpc) is 2.84. The average molecular weight is 543 g/mol. The molecule has 9 heteroatoms. The molecule has 0 heterocycles. The highest BCUT2D eigenvalue weighted by Crippen LogP contribution is 2.28. The van der Waals surface area contributed by atoms with Gasteiger partial charge in [0.15, 0.2) is 6.61 Å². The Morgan fingerprint density at radius 1 is 0.784 bits per heavy atom. The van der Waals surface area contributed by atoms with Crippen molar-refractivity contribution < 1.29 is 23.9 Å². The normalized spacial score (nSPS) is 10.9. The molecule has 0 radical (unpaired) electrons. The lowest BCUT2D eigenvalue weighted by Crippen LogP contribution is -2.22. The summed E-state index contributed by atoms with van der Waals surface area (Å²) >= 11 is 11.8. The Morgan fingerprint density at radius 2 is 1.41 bits per heavy atom. The highest BCUT2D eigenvalue weighted by Gasteiger charge is 2.14. The molecular formula is C28H28Cl2N2O5. The summed E-state index contributed by atoms with van der Waals surface area (Å²) in [6.45, 7) is 5.95. The van der Waals surface area contributed by atoms with Gasteiger partial charge in [-0.25, -0.2) is 0 Å². The van der Waals surface area contributed by atoms with Crippen LogP contribution < -0.4 is 15.4 Å². The van der Waals surface area contributed by atoms with Gasteiger partial charge in [0.1, 0.15) is 11.5 Å². The molecule has 0 aromatic heterocycles. The Labute approximate surface area is 226 Å². The number of hydrogen-bond donors (Lipinski definition) is 2. The number of nitrogens with one attached hydrogen (secondary N) is 2. The van der Waals surface area contributed by atoms with Crippen molar-refractivity contribution >= 4 is 52.4 Å². The van der Waals surface area contributed by atoms with Gasteiger partial charge < -0.3 is 20.1 Å². The summed E-state index contributed by atoms with van der Waals surface area (Å²) in [4.78, 5) is 36.1. The minimum absolute atomic E-state index is 0.0660. The van der Waals surface area contributed by atoms with Crippen molar-refractivity contribution in [3.8, 4) is 11.5 Å². The van der Waals surface area contributed by atoms with Crippen LogP contribution in [0.1, 0.15) is 39.2 Å². The van der Waals surface area contributed by atoms with Gasteiger partial charge in [0.25, 0.3) is 5.91 Å². The van der Waals surface area contributed by atoms with Crippen LogP contribution in [0.3, 0.4) is 0 Å². The molecule has 3 aromatic rings. The molecule has 2 amide bonds. The number of anilines is 2. The predicted molar refractivity (Wildman–Crippen MR) is 146 cm³/mol. The van der Waals surface area contributed by atoms with Crippen molar-refractivity contribution in [2.45, 2.75) is 39.0 Å². The van der Waals surface area contributed by atoms with Crippen molar-refractivity contribution in [1.29, 1.82) is 0 Å². The van der Waals surface area contributed by atoms with Crippen LogP contribution in [0.25, 0.3) is 0 Å². The Morgan fingerprint density at radius 3 is 2.00 bits per heavy atom. The summed E-state index contributed by atoms with van der Waals surface area (Å²) in [5.41, 5.74) is 2.19. The van der Waals surface area contributed by atoms with E-state index in [2.05, 4.69) is 31.4 Å². The zero-order chi connectivity index (χ0) is 27.0. The second kappa shape index (κ2) is 12.6. The van der Waals surface area contributed by atoms with E-state index in [0.717, 1.165) is 0 Å². The van der Waals surface area contributed by atoms with E-state index in [1.165, 1.54) is 17.7 Å². The number of amides is 2. The van der Waals surface area contributed by atoms with Crippen molar-refractivity contribution in [2.24, 2.45) is 0 Å². The molecule has 3 aromatic carbocycles. The molecule has 0 aliphatic heterocycles. The van der Waals surface area contributed by atoms with Gasteiger partial charge in [-0.2, -0.15) is 0 Å². The monoisotopic (exact) mass is 542 g/mol. The van der Waals surface area contributed by atoms with Crippen LogP contribution in [0.2, 0.25) is 10.0 Å². The number of halogens is 2. The highest BCUT2D eigenvalue weighted by atomic mass is 35.5. The molecule has 2 N–H and O–H groups in total. The van der Waals surface area contributed by atoms with E-state index in [0.29, 0.717) is 27.9 Å². The lowest BCUT2D eigenvalue weighted by atomic mass is 9.87. The molecule has 194 valence electrons. The van der Waals surface area contributed by atoms with Gasteiger partial charge >= 0.3 is 5.97 Å². The van der Waals surface area contributed by atoms with Crippen LogP contribution >= 0.6 is 23.2 Å². The van der Waals surface area contributed by atoms with E-state index in [4.69, 9.17) is 32.7 Å². The molecule has 0 aliphatic carbocycles. The van der Waals surface area contributed by atoms with Crippen LogP contribution in [0.15, 0.2) is 66.7 Å². The maximum absolute atomic E-state index is 12.2. The number of ether oxygens (including phenoxy) is 2. The minimum atomic E-state index is -0.672. The van der Waals surface area contributed by atoms with Gasteiger partial charge in [-0.15, -0.1) is 0 Å². The topological polar surface area (TPSA) is 93.7 Å². The third-order valence-electron chi connectivity index (χ3n) is 5.22. The summed E-state index contributed by atoms with van der Waals surface area (Å²) in [6, 6.07) is 19.4. The zero-order valence-corrected chi connectivity index (χ0v) is 22.3.